The van der Waals surface area contributed by atoms with E-state index in [4.69, 9.17) is 10.00 Å². The Morgan fingerprint density at radius 1 is 1.20 bits per heavy atom. The van der Waals surface area contributed by atoms with Crippen LogP contribution in [0.2, 0.25) is 0 Å². The van der Waals surface area contributed by atoms with Gasteiger partial charge in [-0.15, -0.1) is 0 Å². The molecule has 104 valence electrons. The van der Waals surface area contributed by atoms with E-state index in [2.05, 4.69) is 37.9 Å². The molecule has 1 aromatic heterocycles. The van der Waals surface area contributed by atoms with E-state index >= 15 is 0 Å². The van der Waals surface area contributed by atoms with Crippen LogP contribution in [-0.2, 0) is 5.41 Å². The summed E-state index contributed by atoms with van der Waals surface area (Å²) in [7, 11) is 1.69. The molecule has 0 aliphatic heterocycles. The second-order valence-corrected chi connectivity index (χ2v) is 6.00. The number of aromatic nitrogens is 1. The van der Waals surface area contributed by atoms with Crippen molar-refractivity contribution in [3.05, 3.63) is 41.1 Å². The molecule has 3 nitrogen and oxygen atoms in total. The summed E-state index contributed by atoms with van der Waals surface area (Å²) in [5.41, 5.74) is 4.78. The van der Waals surface area contributed by atoms with Gasteiger partial charge in [0, 0.05) is 17.0 Å². The van der Waals surface area contributed by atoms with Crippen LogP contribution in [-0.4, -0.2) is 12.1 Å². The topological polar surface area (TPSA) is 48.8 Å². The average Bonchev–Trinajstić information content (AvgIpc) is 2.78. The average molecular weight is 268 g/mol. The number of H-pyrrole nitrogens is 1. The third-order valence-electron chi connectivity index (χ3n) is 3.45. The molecule has 3 heteroatoms. The first kappa shape index (κ1) is 14.2. The molecule has 1 aromatic carbocycles. The predicted octanol–water partition coefficient (Wildman–Crippen LogP) is 4.17. The number of nitrogens with zero attached hydrogens (tertiary/aromatic N) is 1. The Morgan fingerprint density at radius 3 is 2.40 bits per heavy atom. The first-order chi connectivity index (χ1) is 9.36. The molecule has 0 aliphatic carbocycles. The van der Waals surface area contributed by atoms with Gasteiger partial charge >= 0.3 is 0 Å². The first-order valence-corrected chi connectivity index (χ1v) is 6.65. The number of methoxy groups -OCH3 is 1. The molecular formula is C17H20N2O. The highest BCUT2D eigenvalue weighted by molar-refractivity contribution is 5.66. The van der Waals surface area contributed by atoms with Crippen molar-refractivity contribution in [3.63, 3.8) is 0 Å². The molecule has 0 saturated carbocycles. The Hall–Kier alpha value is -2.21. The van der Waals surface area contributed by atoms with Crippen LogP contribution in [0, 0.1) is 18.3 Å². The third-order valence-corrected chi connectivity index (χ3v) is 3.45. The molecule has 0 fully saturated rings. The van der Waals surface area contributed by atoms with Crippen molar-refractivity contribution in [2.45, 2.75) is 33.1 Å². The second-order valence-electron chi connectivity index (χ2n) is 6.00. The highest BCUT2D eigenvalue weighted by atomic mass is 16.5. The normalized spacial score (nSPS) is 11.2. The number of nitrogens with one attached hydrogen (secondary N) is 1. The van der Waals surface area contributed by atoms with Crippen LogP contribution >= 0.6 is 0 Å². The predicted molar refractivity (Wildman–Crippen MR) is 80.9 cm³/mol. The lowest BCUT2D eigenvalue weighted by atomic mass is 9.85. The lowest BCUT2D eigenvalue weighted by Gasteiger charge is -2.22. The van der Waals surface area contributed by atoms with Crippen LogP contribution in [0.15, 0.2) is 24.3 Å². The SMILES string of the molecule is COc1ccc(-c2cc(C#N)c(C)[nH]2)cc1C(C)(C)C. The standard InChI is InChI=1S/C17H20N2O/c1-11-13(10-18)9-15(19-11)12-6-7-16(20-5)14(8-12)17(2,3)4/h6-9,19H,1-5H3. The van der Waals surface area contributed by atoms with Gasteiger partial charge in [-0.25, -0.2) is 0 Å². The summed E-state index contributed by atoms with van der Waals surface area (Å²) < 4.78 is 5.45. The molecule has 0 spiro atoms. The molecule has 20 heavy (non-hydrogen) atoms. The Balaban J connectivity index is 2.56. The molecule has 0 saturated heterocycles. The highest BCUT2D eigenvalue weighted by Gasteiger charge is 2.20. The van der Waals surface area contributed by atoms with Gasteiger partial charge in [0.15, 0.2) is 0 Å². The number of rotatable bonds is 2. The third kappa shape index (κ3) is 2.55. The fraction of sp³-hybridized carbons (Fsp3) is 0.353. The summed E-state index contributed by atoms with van der Waals surface area (Å²) in [6, 6.07) is 10.2. The minimum Gasteiger partial charge on any atom is -0.496 e. The van der Waals surface area contributed by atoms with E-state index in [9.17, 15) is 0 Å². The van der Waals surface area contributed by atoms with E-state index in [1.54, 1.807) is 7.11 Å². The zero-order chi connectivity index (χ0) is 14.9. The molecule has 0 unspecified atom stereocenters. The van der Waals surface area contributed by atoms with Gasteiger partial charge in [-0.2, -0.15) is 5.26 Å². The van der Waals surface area contributed by atoms with Gasteiger partial charge in [-0.3, -0.25) is 0 Å². The number of aromatic amines is 1. The maximum absolute atomic E-state index is 9.05. The molecule has 0 bridgehead atoms. The fourth-order valence-electron chi connectivity index (χ4n) is 2.29. The molecule has 0 radical (unpaired) electrons. The van der Waals surface area contributed by atoms with Crippen LogP contribution in [0.4, 0.5) is 0 Å². The summed E-state index contributed by atoms with van der Waals surface area (Å²) in [4.78, 5) is 3.26. The minimum absolute atomic E-state index is 0.00104. The monoisotopic (exact) mass is 268 g/mol. The Labute approximate surface area is 120 Å². The minimum atomic E-state index is 0.00104. The van der Waals surface area contributed by atoms with Gasteiger partial charge in [-0.05, 0) is 42.2 Å². The largest absolute Gasteiger partial charge is 0.496 e. The Kier molecular flexibility index (Phi) is 3.59. The van der Waals surface area contributed by atoms with Gasteiger partial charge in [0.25, 0.3) is 0 Å². The summed E-state index contributed by atoms with van der Waals surface area (Å²) in [6.45, 7) is 8.40. The molecule has 1 N–H and O–H groups in total. The molecule has 2 rings (SSSR count). The van der Waals surface area contributed by atoms with Gasteiger partial charge < -0.3 is 9.72 Å². The van der Waals surface area contributed by atoms with Crippen LogP contribution in [0.5, 0.6) is 5.75 Å². The maximum atomic E-state index is 9.05. The first-order valence-electron chi connectivity index (χ1n) is 6.65. The van der Waals surface area contributed by atoms with Crippen LogP contribution in [0.25, 0.3) is 11.3 Å². The number of hydrogen-bond donors (Lipinski definition) is 1. The van der Waals surface area contributed by atoms with Crippen molar-refractivity contribution in [3.8, 4) is 23.1 Å². The number of benzene rings is 1. The zero-order valence-corrected chi connectivity index (χ0v) is 12.7. The van der Waals surface area contributed by atoms with Crippen molar-refractivity contribution in [2.75, 3.05) is 7.11 Å². The van der Waals surface area contributed by atoms with E-state index in [1.807, 2.05) is 25.1 Å². The van der Waals surface area contributed by atoms with E-state index in [0.29, 0.717) is 5.56 Å². The van der Waals surface area contributed by atoms with E-state index < -0.39 is 0 Å². The molecule has 2 aromatic rings. The van der Waals surface area contributed by atoms with Crippen molar-refractivity contribution in [1.82, 2.24) is 4.98 Å². The van der Waals surface area contributed by atoms with Crippen LogP contribution in [0.1, 0.15) is 37.6 Å². The zero-order valence-electron chi connectivity index (χ0n) is 12.7. The molecule has 1 heterocycles. The van der Waals surface area contributed by atoms with Crippen molar-refractivity contribution in [1.29, 1.82) is 5.26 Å². The summed E-state index contributed by atoms with van der Waals surface area (Å²) >= 11 is 0. The van der Waals surface area contributed by atoms with Crippen LogP contribution < -0.4 is 4.74 Å². The number of nitriles is 1. The Morgan fingerprint density at radius 2 is 1.90 bits per heavy atom. The van der Waals surface area contributed by atoms with Gasteiger partial charge in [0.05, 0.1) is 12.7 Å². The van der Waals surface area contributed by atoms with Gasteiger partial charge in [-0.1, -0.05) is 20.8 Å². The lowest BCUT2D eigenvalue weighted by Crippen LogP contribution is -2.12. The van der Waals surface area contributed by atoms with E-state index in [1.165, 1.54) is 0 Å². The molecule has 0 aliphatic rings. The maximum Gasteiger partial charge on any atom is 0.122 e. The summed E-state index contributed by atoms with van der Waals surface area (Å²) in [5.74, 6) is 0.894. The van der Waals surface area contributed by atoms with Crippen molar-refractivity contribution < 1.29 is 4.74 Å². The van der Waals surface area contributed by atoms with Gasteiger partial charge in [0.2, 0.25) is 0 Å². The number of hydrogen-bond acceptors (Lipinski definition) is 2. The lowest BCUT2D eigenvalue weighted by molar-refractivity contribution is 0.397. The fourth-order valence-corrected chi connectivity index (χ4v) is 2.29. The number of aryl methyl sites for hydroxylation is 1. The smallest absolute Gasteiger partial charge is 0.122 e. The Bertz CT molecular complexity index is 669. The summed E-state index contributed by atoms with van der Waals surface area (Å²) in [6.07, 6.45) is 0. The van der Waals surface area contributed by atoms with Crippen molar-refractivity contribution >= 4 is 0 Å². The number of ether oxygens (including phenoxy) is 1. The van der Waals surface area contributed by atoms with E-state index in [-0.39, 0.29) is 5.41 Å². The molecule has 0 amide bonds. The van der Waals surface area contributed by atoms with Crippen LogP contribution in [0.3, 0.4) is 0 Å². The quantitative estimate of drug-likeness (QED) is 0.888. The highest BCUT2D eigenvalue weighted by Crippen LogP contribution is 2.35. The van der Waals surface area contributed by atoms with Gasteiger partial charge in [0.1, 0.15) is 11.8 Å². The second kappa shape index (κ2) is 5.05. The molecule has 0 atom stereocenters. The van der Waals surface area contributed by atoms with Crippen molar-refractivity contribution in [2.24, 2.45) is 0 Å². The molecular weight excluding hydrogens is 248 g/mol. The summed E-state index contributed by atoms with van der Waals surface area (Å²) in [5, 5.41) is 9.05. The van der Waals surface area contributed by atoms with E-state index in [0.717, 1.165) is 28.3 Å².